The maximum Gasteiger partial charge on any atom is 0.339 e. The molecule has 0 aliphatic heterocycles. The van der Waals surface area contributed by atoms with Crippen molar-refractivity contribution in [2.75, 3.05) is 12.9 Å². The largest absolute Gasteiger partial charge is 0.464 e. The Morgan fingerprint density at radius 1 is 1.53 bits per heavy atom. The first-order valence-corrected chi connectivity index (χ1v) is 5.90. The molecule has 0 aliphatic rings. The molecule has 1 N–H and O–H groups in total. The highest BCUT2D eigenvalue weighted by atomic mass is 32.2. The summed E-state index contributed by atoms with van der Waals surface area (Å²) in [7, 11) is 0. The van der Waals surface area contributed by atoms with Gasteiger partial charge in [-0.15, -0.1) is 11.8 Å². The third-order valence-electron chi connectivity index (χ3n) is 1.94. The molecule has 4 heteroatoms. The van der Waals surface area contributed by atoms with Crippen LogP contribution in [0.5, 0.6) is 0 Å². The summed E-state index contributed by atoms with van der Waals surface area (Å²) in [5.41, 5.74) is 0.600. The number of hydrogen-bond donors (Lipinski definition) is 1. The highest BCUT2D eigenvalue weighted by molar-refractivity contribution is 7.98. The molecule has 1 unspecified atom stereocenters. The Hall–Kier alpha value is -1.00. The number of benzene rings is 1. The molecule has 3 nitrogen and oxygen atoms in total. The van der Waals surface area contributed by atoms with Gasteiger partial charge in [-0.1, -0.05) is 18.2 Å². The second kappa shape index (κ2) is 5.78. The highest BCUT2D eigenvalue weighted by Crippen LogP contribution is 2.26. The van der Waals surface area contributed by atoms with Crippen molar-refractivity contribution < 1.29 is 14.6 Å². The van der Waals surface area contributed by atoms with Gasteiger partial charge in [0.2, 0.25) is 0 Å². The summed E-state index contributed by atoms with van der Waals surface area (Å²) in [6, 6.07) is 7.25. The number of ether oxygens (including phenoxy) is 1. The lowest BCUT2D eigenvalue weighted by Crippen LogP contribution is -2.15. The van der Waals surface area contributed by atoms with Gasteiger partial charge in [0.05, 0.1) is 6.61 Å². The fraction of sp³-hybridized carbons (Fsp3) is 0.364. The van der Waals surface area contributed by atoms with Crippen LogP contribution in [0.4, 0.5) is 0 Å². The van der Waals surface area contributed by atoms with Crippen LogP contribution in [0.1, 0.15) is 18.6 Å². The first kappa shape index (κ1) is 12.1. The number of carbonyl (C=O) groups is 1. The lowest BCUT2D eigenvalue weighted by Gasteiger charge is -2.12. The predicted molar refractivity (Wildman–Crippen MR) is 59.8 cm³/mol. The van der Waals surface area contributed by atoms with Crippen molar-refractivity contribution in [2.24, 2.45) is 0 Å². The van der Waals surface area contributed by atoms with Crippen LogP contribution in [0.25, 0.3) is 0 Å². The van der Waals surface area contributed by atoms with Crippen LogP contribution in [0, 0.1) is 0 Å². The van der Waals surface area contributed by atoms with Crippen LogP contribution in [0.15, 0.2) is 29.2 Å². The van der Waals surface area contributed by atoms with Crippen LogP contribution >= 0.6 is 11.8 Å². The van der Waals surface area contributed by atoms with Gasteiger partial charge in [-0.05, 0) is 19.2 Å². The number of aliphatic hydroxyl groups is 1. The quantitative estimate of drug-likeness (QED) is 0.630. The first-order chi connectivity index (χ1) is 7.20. The zero-order valence-electron chi connectivity index (χ0n) is 8.77. The van der Waals surface area contributed by atoms with Crippen LogP contribution in [0.2, 0.25) is 0 Å². The van der Waals surface area contributed by atoms with Gasteiger partial charge in [-0.25, -0.2) is 4.79 Å². The van der Waals surface area contributed by atoms with Gasteiger partial charge in [0.25, 0.3) is 0 Å². The predicted octanol–water partition coefficient (Wildman–Crippen LogP) is 2.00. The highest BCUT2D eigenvalue weighted by Gasteiger charge is 2.20. The van der Waals surface area contributed by atoms with E-state index in [4.69, 9.17) is 4.74 Å². The summed E-state index contributed by atoms with van der Waals surface area (Å²) in [4.78, 5) is 12.2. The fourth-order valence-corrected chi connectivity index (χ4v) is 1.87. The van der Waals surface area contributed by atoms with Crippen molar-refractivity contribution in [2.45, 2.75) is 17.9 Å². The van der Waals surface area contributed by atoms with Crippen LogP contribution in [-0.4, -0.2) is 23.9 Å². The summed E-state index contributed by atoms with van der Waals surface area (Å²) in [5, 5.41) is 9.74. The number of thioether (sulfide) groups is 1. The Balaban J connectivity index is 2.89. The van der Waals surface area contributed by atoms with E-state index in [1.54, 1.807) is 19.1 Å². The van der Waals surface area contributed by atoms with Crippen LogP contribution in [-0.2, 0) is 9.53 Å². The number of esters is 1. The van der Waals surface area contributed by atoms with Gasteiger partial charge in [-0.2, -0.15) is 0 Å². The first-order valence-electron chi connectivity index (χ1n) is 4.68. The molecule has 0 aliphatic carbocycles. The van der Waals surface area contributed by atoms with Gasteiger partial charge < -0.3 is 9.84 Å². The van der Waals surface area contributed by atoms with Crippen molar-refractivity contribution in [1.29, 1.82) is 0 Å². The van der Waals surface area contributed by atoms with Gasteiger partial charge in [0.15, 0.2) is 6.10 Å². The number of rotatable bonds is 4. The van der Waals surface area contributed by atoms with Crippen molar-refractivity contribution >= 4 is 17.7 Å². The van der Waals surface area contributed by atoms with E-state index in [9.17, 15) is 9.90 Å². The van der Waals surface area contributed by atoms with E-state index in [1.807, 2.05) is 18.4 Å². The summed E-state index contributed by atoms with van der Waals surface area (Å²) >= 11 is 1.49. The summed E-state index contributed by atoms with van der Waals surface area (Å²) in [6.45, 7) is 1.99. The van der Waals surface area contributed by atoms with Crippen molar-refractivity contribution in [3.8, 4) is 0 Å². The Kier molecular flexibility index (Phi) is 4.65. The molecular formula is C11H14O3S. The van der Waals surface area contributed by atoms with E-state index in [1.165, 1.54) is 11.8 Å². The third kappa shape index (κ3) is 2.97. The molecule has 15 heavy (non-hydrogen) atoms. The Labute approximate surface area is 93.4 Å². The van der Waals surface area contributed by atoms with E-state index in [0.717, 1.165) is 4.90 Å². The monoisotopic (exact) mass is 226 g/mol. The molecule has 1 aromatic carbocycles. The van der Waals surface area contributed by atoms with Gasteiger partial charge >= 0.3 is 5.97 Å². The second-order valence-corrected chi connectivity index (χ2v) is 3.74. The lowest BCUT2D eigenvalue weighted by atomic mass is 10.1. The average molecular weight is 226 g/mol. The van der Waals surface area contributed by atoms with Gasteiger partial charge in [-0.3, -0.25) is 0 Å². The number of hydrogen-bond acceptors (Lipinski definition) is 4. The molecule has 0 spiro atoms. The minimum atomic E-state index is -1.19. The molecule has 82 valence electrons. The fourth-order valence-electron chi connectivity index (χ4n) is 1.24. The van der Waals surface area contributed by atoms with E-state index in [2.05, 4.69) is 0 Å². The molecule has 0 saturated heterocycles. The van der Waals surface area contributed by atoms with E-state index < -0.39 is 12.1 Å². The Bertz CT molecular complexity index is 338. The molecule has 0 aromatic heterocycles. The molecule has 1 rings (SSSR count). The third-order valence-corrected chi connectivity index (χ3v) is 2.75. The zero-order chi connectivity index (χ0) is 11.3. The zero-order valence-corrected chi connectivity index (χ0v) is 9.58. The van der Waals surface area contributed by atoms with E-state index in [-0.39, 0.29) is 6.61 Å². The maximum absolute atomic E-state index is 11.3. The SMILES string of the molecule is CCOC(=O)C(O)c1ccccc1SC. The standard InChI is InChI=1S/C11H14O3S/c1-3-14-11(13)10(12)8-6-4-5-7-9(8)15-2/h4-7,10,12H,3H2,1-2H3. The van der Waals surface area contributed by atoms with Crippen LogP contribution in [0.3, 0.4) is 0 Å². The summed E-state index contributed by atoms with van der Waals surface area (Å²) < 4.78 is 4.76. The van der Waals surface area contributed by atoms with E-state index in [0.29, 0.717) is 5.56 Å². The summed E-state index contributed by atoms with van der Waals surface area (Å²) in [5.74, 6) is -0.598. The van der Waals surface area contributed by atoms with Crippen molar-refractivity contribution in [3.05, 3.63) is 29.8 Å². The van der Waals surface area contributed by atoms with Gasteiger partial charge in [0, 0.05) is 10.5 Å². The molecule has 0 bridgehead atoms. The van der Waals surface area contributed by atoms with Gasteiger partial charge in [0.1, 0.15) is 0 Å². The molecule has 0 amide bonds. The normalized spacial score (nSPS) is 12.2. The maximum atomic E-state index is 11.3. The topological polar surface area (TPSA) is 46.5 Å². The minimum absolute atomic E-state index is 0.275. The van der Waals surface area contributed by atoms with Crippen molar-refractivity contribution in [1.82, 2.24) is 0 Å². The molecule has 1 atom stereocenters. The molecule has 0 heterocycles. The molecule has 0 saturated carbocycles. The molecule has 0 fully saturated rings. The Morgan fingerprint density at radius 2 is 2.20 bits per heavy atom. The molecular weight excluding hydrogens is 212 g/mol. The van der Waals surface area contributed by atoms with E-state index >= 15 is 0 Å². The molecule has 0 radical (unpaired) electrons. The second-order valence-electron chi connectivity index (χ2n) is 2.90. The van der Waals surface area contributed by atoms with Crippen LogP contribution < -0.4 is 0 Å². The number of carbonyl (C=O) groups excluding carboxylic acids is 1. The minimum Gasteiger partial charge on any atom is -0.464 e. The van der Waals surface area contributed by atoms with Crippen molar-refractivity contribution in [3.63, 3.8) is 0 Å². The Morgan fingerprint density at radius 3 is 2.80 bits per heavy atom. The molecule has 1 aromatic rings. The lowest BCUT2D eigenvalue weighted by molar-refractivity contribution is -0.153. The summed E-state index contributed by atoms with van der Waals surface area (Å²) in [6.07, 6.45) is 0.713. The number of aliphatic hydroxyl groups excluding tert-OH is 1. The average Bonchev–Trinajstić information content (AvgIpc) is 2.28. The smallest absolute Gasteiger partial charge is 0.339 e.